The molecule has 0 spiro atoms. The molecule has 4 rings (SSSR count). The number of nitrogens with one attached hydrogen (secondary N) is 1. The first kappa shape index (κ1) is 11.6. The maximum absolute atomic E-state index is 4.41. The zero-order valence-electron chi connectivity index (χ0n) is 10.5. The second-order valence-corrected chi connectivity index (χ2v) is 6.40. The summed E-state index contributed by atoms with van der Waals surface area (Å²) in [4.78, 5) is 8.40. The van der Waals surface area contributed by atoms with E-state index >= 15 is 0 Å². The summed E-state index contributed by atoms with van der Waals surface area (Å²) in [6, 6.07) is 0.713. The molecule has 3 saturated heterocycles. The molecule has 94 valence electrons. The molecule has 4 heteroatoms. The molecule has 3 fully saturated rings. The Morgan fingerprint density at radius 3 is 2.88 bits per heavy atom. The molecule has 1 aromatic heterocycles. The SMILES string of the molecule is CCc1ncc(CNC2CN3CCC2CC3)s1. The van der Waals surface area contributed by atoms with E-state index in [1.807, 2.05) is 17.5 Å². The van der Waals surface area contributed by atoms with Crippen LogP contribution in [-0.4, -0.2) is 35.6 Å². The molecule has 1 atom stereocenters. The number of rotatable bonds is 4. The van der Waals surface area contributed by atoms with Gasteiger partial charge in [-0.2, -0.15) is 0 Å². The zero-order valence-corrected chi connectivity index (χ0v) is 11.3. The monoisotopic (exact) mass is 251 g/mol. The number of hydrogen-bond donors (Lipinski definition) is 1. The molecule has 1 unspecified atom stereocenters. The fraction of sp³-hybridized carbons (Fsp3) is 0.769. The average molecular weight is 251 g/mol. The van der Waals surface area contributed by atoms with Crippen molar-refractivity contribution in [3.8, 4) is 0 Å². The second kappa shape index (κ2) is 5.04. The van der Waals surface area contributed by atoms with E-state index in [9.17, 15) is 0 Å². The van der Waals surface area contributed by atoms with E-state index in [1.54, 1.807) is 0 Å². The lowest BCUT2D eigenvalue weighted by Gasteiger charge is -2.45. The van der Waals surface area contributed by atoms with Gasteiger partial charge in [0.15, 0.2) is 0 Å². The summed E-state index contributed by atoms with van der Waals surface area (Å²) in [5.41, 5.74) is 0. The van der Waals surface area contributed by atoms with Crippen LogP contribution < -0.4 is 5.32 Å². The van der Waals surface area contributed by atoms with Crippen molar-refractivity contribution in [2.75, 3.05) is 19.6 Å². The fourth-order valence-electron chi connectivity index (χ4n) is 3.02. The van der Waals surface area contributed by atoms with Crippen molar-refractivity contribution < 1.29 is 0 Å². The fourth-order valence-corrected chi connectivity index (χ4v) is 3.83. The number of aromatic nitrogens is 1. The summed E-state index contributed by atoms with van der Waals surface area (Å²) < 4.78 is 0. The van der Waals surface area contributed by atoms with Crippen molar-refractivity contribution in [1.29, 1.82) is 0 Å². The quantitative estimate of drug-likeness (QED) is 0.886. The molecule has 2 bridgehead atoms. The van der Waals surface area contributed by atoms with Crippen molar-refractivity contribution in [3.05, 3.63) is 16.1 Å². The third kappa shape index (κ3) is 2.54. The van der Waals surface area contributed by atoms with Gasteiger partial charge in [0.1, 0.15) is 0 Å². The van der Waals surface area contributed by atoms with Gasteiger partial charge in [-0.05, 0) is 38.3 Å². The zero-order chi connectivity index (χ0) is 11.7. The molecule has 1 N–H and O–H groups in total. The van der Waals surface area contributed by atoms with Crippen LogP contribution in [0.25, 0.3) is 0 Å². The summed E-state index contributed by atoms with van der Waals surface area (Å²) in [7, 11) is 0. The number of nitrogens with zero attached hydrogens (tertiary/aromatic N) is 2. The molecule has 3 aliphatic rings. The second-order valence-electron chi connectivity index (χ2n) is 5.20. The van der Waals surface area contributed by atoms with E-state index in [2.05, 4.69) is 22.1 Å². The predicted octanol–water partition coefficient (Wildman–Crippen LogP) is 1.89. The Balaban J connectivity index is 1.54. The van der Waals surface area contributed by atoms with E-state index in [0.29, 0.717) is 6.04 Å². The van der Waals surface area contributed by atoms with Gasteiger partial charge in [-0.3, -0.25) is 0 Å². The van der Waals surface area contributed by atoms with Crippen LogP contribution in [0.2, 0.25) is 0 Å². The molecule has 3 aliphatic heterocycles. The van der Waals surface area contributed by atoms with Crippen LogP contribution >= 0.6 is 11.3 Å². The van der Waals surface area contributed by atoms with Crippen LogP contribution in [0.15, 0.2) is 6.20 Å². The Morgan fingerprint density at radius 1 is 1.47 bits per heavy atom. The van der Waals surface area contributed by atoms with E-state index in [4.69, 9.17) is 0 Å². The number of thiazole rings is 1. The minimum absolute atomic E-state index is 0.713. The number of hydrogen-bond acceptors (Lipinski definition) is 4. The lowest BCUT2D eigenvalue weighted by molar-refractivity contribution is 0.0721. The van der Waals surface area contributed by atoms with Gasteiger partial charge >= 0.3 is 0 Å². The summed E-state index contributed by atoms with van der Waals surface area (Å²) in [6.07, 6.45) is 5.88. The Kier molecular flexibility index (Phi) is 3.45. The topological polar surface area (TPSA) is 28.2 Å². The molecular formula is C13H21N3S. The highest BCUT2D eigenvalue weighted by Crippen LogP contribution is 2.27. The van der Waals surface area contributed by atoms with Gasteiger partial charge in [-0.15, -0.1) is 11.3 Å². The number of aryl methyl sites for hydroxylation is 1. The van der Waals surface area contributed by atoms with Crippen LogP contribution in [0.4, 0.5) is 0 Å². The van der Waals surface area contributed by atoms with Gasteiger partial charge in [-0.1, -0.05) is 6.92 Å². The molecule has 1 aromatic rings. The maximum Gasteiger partial charge on any atom is 0.0925 e. The van der Waals surface area contributed by atoms with Gasteiger partial charge in [0.25, 0.3) is 0 Å². The molecule has 0 aromatic carbocycles. The molecule has 0 aliphatic carbocycles. The lowest BCUT2D eigenvalue weighted by atomic mass is 9.84. The van der Waals surface area contributed by atoms with Crippen LogP contribution in [0.1, 0.15) is 29.7 Å². The molecule has 0 amide bonds. The molecule has 4 heterocycles. The molecular weight excluding hydrogens is 230 g/mol. The smallest absolute Gasteiger partial charge is 0.0925 e. The first-order valence-corrected chi connectivity index (χ1v) is 7.56. The minimum atomic E-state index is 0.713. The maximum atomic E-state index is 4.41. The first-order valence-electron chi connectivity index (χ1n) is 6.74. The van der Waals surface area contributed by atoms with E-state index in [1.165, 1.54) is 42.4 Å². The van der Waals surface area contributed by atoms with Gasteiger partial charge in [0.2, 0.25) is 0 Å². The summed E-state index contributed by atoms with van der Waals surface area (Å²) in [6.45, 7) is 7.08. The van der Waals surface area contributed by atoms with Crippen molar-refractivity contribution in [2.45, 2.75) is 38.8 Å². The van der Waals surface area contributed by atoms with Crippen molar-refractivity contribution in [2.24, 2.45) is 5.92 Å². The first-order chi connectivity index (χ1) is 8.35. The lowest BCUT2D eigenvalue weighted by Crippen LogP contribution is -2.55. The summed E-state index contributed by atoms with van der Waals surface area (Å²) in [5, 5.41) is 5.00. The standard InChI is InChI=1S/C13H21N3S/c1-2-13-15-8-11(17-13)7-14-12-9-16-5-3-10(12)4-6-16/h8,10,12,14H,2-7,9H2,1H3. The average Bonchev–Trinajstić information content (AvgIpc) is 2.86. The Labute approximate surface area is 107 Å². The number of piperidine rings is 3. The highest BCUT2D eigenvalue weighted by atomic mass is 32.1. The van der Waals surface area contributed by atoms with Gasteiger partial charge in [-0.25, -0.2) is 4.98 Å². The molecule has 17 heavy (non-hydrogen) atoms. The van der Waals surface area contributed by atoms with E-state index in [-0.39, 0.29) is 0 Å². The molecule has 0 radical (unpaired) electrons. The largest absolute Gasteiger partial charge is 0.307 e. The van der Waals surface area contributed by atoms with Crippen molar-refractivity contribution in [1.82, 2.24) is 15.2 Å². The van der Waals surface area contributed by atoms with E-state index in [0.717, 1.165) is 18.9 Å². The van der Waals surface area contributed by atoms with Crippen molar-refractivity contribution >= 4 is 11.3 Å². The van der Waals surface area contributed by atoms with E-state index < -0.39 is 0 Å². The Morgan fingerprint density at radius 2 is 2.29 bits per heavy atom. The normalized spacial score (nSPS) is 31.9. The summed E-state index contributed by atoms with van der Waals surface area (Å²) >= 11 is 1.85. The minimum Gasteiger partial charge on any atom is -0.307 e. The van der Waals surface area contributed by atoms with Gasteiger partial charge < -0.3 is 10.2 Å². The van der Waals surface area contributed by atoms with Crippen LogP contribution in [0.3, 0.4) is 0 Å². The van der Waals surface area contributed by atoms with Crippen LogP contribution in [-0.2, 0) is 13.0 Å². The molecule has 3 nitrogen and oxygen atoms in total. The highest BCUT2D eigenvalue weighted by molar-refractivity contribution is 7.11. The van der Waals surface area contributed by atoms with Crippen LogP contribution in [0, 0.1) is 5.92 Å². The summed E-state index contributed by atoms with van der Waals surface area (Å²) in [5.74, 6) is 0.915. The van der Waals surface area contributed by atoms with Crippen LogP contribution in [0.5, 0.6) is 0 Å². The van der Waals surface area contributed by atoms with Gasteiger partial charge in [0.05, 0.1) is 5.01 Å². The van der Waals surface area contributed by atoms with Crippen molar-refractivity contribution in [3.63, 3.8) is 0 Å². The Hall–Kier alpha value is -0.450. The predicted molar refractivity (Wildman–Crippen MR) is 71.3 cm³/mol. The molecule has 0 saturated carbocycles. The Bertz CT molecular complexity index is 368. The number of fused-ring (bicyclic) bond motifs is 3. The highest BCUT2D eigenvalue weighted by Gasteiger charge is 2.33. The third-order valence-electron chi connectivity index (χ3n) is 4.10. The third-order valence-corrected chi connectivity index (χ3v) is 5.24. The van der Waals surface area contributed by atoms with Gasteiger partial charge in [0, 0.05) is 30.2 Å².